The smallest absolute Gasteiger partial charge is 0.325 e. The van der Waals surface area contributed by atoms with E-state index < -0.39 is 5.97 Å². The van der Waals surface area contributed by atoms with Crippen LogP contribution < -0.4 is 5.32 Å². The highest BCUT2D eigenvalue weighted by molar-refractivity contribution is 5.94. The summed E-state index contributed by atoms with van der Waals surface area (Å²) in [6.45, 7) is 1.98. The summed E-state index contributed by atoms with van der Waals surface area (Å²) in [6, 6.07) is 3.55. The number of hydrogen-bond acceptors (Lipinski definition) is 4. The van der Waals surface area contributed by atoms with E-state index in [-0.39, 0.29) is 12.5 Å². The summed E-state index contributed by atoms with van der Waals surface area (Å²) in [5.41, 5.74) is 1.42. The first kappa shape index (κ1) is 14.2. The van der Waals surface area contributed by atoms with E-state index in [2.05, 4.69) is 22.0 Å². The second kappa shape index (κ2) is 7.42. The molecular formula is C13H18N2O3. The number of amides is 1. The van der Waals surface area contributed by atoms with Crippen molar-refractivity contribution in [3.8, 4) is 0 Å². The van der Waals surface area contributed by atoms with Gasteiger partial charge in [0.15, 0.2) is 0 Å². The Morgan fingerprint density at radius 1 is 1.39 bits per heavy atom. The van der Waals surface area contributed by atoms with Gasteiger partial charge in [-0.25, -0.2) is 0 Å². The van der Waals surface area contributed by atoms with Crippen molar-refractivity contribution < 1.29 is 14.3 Å². The third-order valence-corrected chi connectivity index (χ3v) is 2.50. The van der Waals surface area contributed by atoms with Gasteiger partial charge in [-0.1, -0.05) is 19.4 Å². The summed E-state index contributed by atoms with van der Waals surface area (Å²) in [4.78, 5) is 26.5. The Balaban J connectivity index is 2.51. The zero-order chi connectivity index (χ0) is 13.4. The molecule has 0 unspecified atom stereocenters. The molecule has 1 amide bonds. The Bertz CT molecular complexity index is 401. The number of ether oxygens (including phenoxy) is 1. The molecule has 1 aromatic heterocycles. The van der Waals surface area contributed by atoms with Gasteiger partial charge in [0.1, 0.15) is 12.2 Å². The zero-order valence-electron chi connectivity index (χ0n) is 10.7. The van der Waals surface area contributed by atoms with Crippen molar-refractivity contribution in [2.24, 2.45) is 0 Å². The van der Waals surface area contributed by atoms with Crippen molar-refractivity contribution >= 4 is 11.9 Å². The normalized spacial score (nSPS) is 9.89. The van der Waals surface area contributed by atoms with E-state index in [4.69, 9.17) is 0 Å². The number of nitrogens with one attached hydrogen (secondary N) is 1. The molecule has 1 aromatic rings. The summed E-state index contributed by atoms with van der Waals surface area (Å²) in [5, 5.41) is 2.44. The van der Waals surface area contributed by atoms with Crippen LogP contribution in [0.4, 0.5) is 0 Å². The number of aromatic nitrogens is 1. The number of methoxy groups -OCH3 is 1. The van der Waals surface area contributed by atoms with Crippen molar-refractivity contribution in [3.63, 3.8) is 0 Å². The lowest BCUT2D eigenvalue weighted by Gasteiger charge is -2.04. The third-order valence-electron chi connectivity index (χ3n) is 2.50. The Kier molecular flexibility index (Phi) is 5.84. The average molecular weight is 250 g/mol. The van der Waals surface area contributed by atoms with Gasteiger partial charge in [-0.05, 0) is 24.5 Å². The molecule has 0 atom stereocenters. The maximum atomic E-state index is 11.6. The van der Waals surface area contributed by atoms with Crippen molar-refractivity contribution in [1.82, 2.24) is 10.3 Å². The second-order valence-electron chi connectivity index (χ2n) is 3.91. The van der Waals surface area contributed by atoms with E-state index >= 15 is 0 Å². The highest BCUT2D eigenvalue weighted by atomic mass is 16.5. The van der Waals surface area contributed by atoms with Gasteiger partial charge in [-0.3, -0.25) is 14.6 Å². The third kappa shape index (κ3) is 4.53. The van der Waals surface area contributed by atoms with Gasteiger partial charge >= 0.3 is 5.97 Å². The molecule has 0 aromatic carbocycles. The first-order valence-corrected chi connectivity index (χ1v) is 5.97. The van der Waals surface area contributed by atoms with Crippen molar-refractivity contribution in [1.29, 1.82) is 0 Å². The summed E-state index contributed by atoms with van der Waals surface area (Å²) in [6.07, 6.45) is 4.90. The van der Waals surface area contributed by atoms with Crippen molar-refractivity contribution in [2.45, 2.75) is 26.2 Å². The van der Waals surface area contributed by atoms with Crippen LogP contribution in [0.15, 0.2) is 18.3 Å². The molecule has 0 aliphatic heterocycles. The monoisotopic (exact) mass is 250 g/mol. The fourth-order valence-corrected chi connectivity index (χ4v) is 1.40. The SMILES string of the molecule is CCCCc1ccc(C(=O)NCC(=O)OC)nc1. The molecule has 98 valence electrons. The van der Waals surface area contributed by atoms with Crippen LogP contribution in [0, 0.1) is 0 Å². The first-order chi connectivity index (χ1) is 8.67. The molecule has 0 spiro atoms. The lowest BCUT2D eigenvalue weighted by Crippen LogP contribution is -2.30. The van der Waals surface area contributed by atoms with Crippen LogP contribution in [0.5, 0.6) is 0 Å². The van der Waals surface area contributed by atoms with Crippen LogP contribution in [0.3, 0.4) is 0 Å². The largest absolute Gasteiger partial charge is 0.468 e. The highest BCUT2D eigenvalue weighted by Crippen LogP contribution is 2.04. The van der Waals surface area contributed by atoms with Crippen LogP contribution >= 0.6 is 0 Å². The number of carbonyl (C=O) groups is 2. The van der Waals surface area contributed by atoms with Crippen LogP contribution in [-0.2, 0) is 16.0 Å². The Morgan fingerprint density at radius 3 is 2.72 bits per heavy atom. The van der Waals surface area contributed by atoms with E-state index in [0.29, 0.717) is 5.69 Å². The van der Waals surface area contributed by atoms with Gasteiger partial charge in [-0.2, -0.15) is 0 Å². The van der Waals surface area contributed by atoms with Gasteiger partial charge < -0.3 is 10.1 Å². The lowest BCUT2D eigenvalue weighted by atomic mass is 10.1. The molecule has 5 nitrogen and oxygen atoms in total. The Labute approximate surface area is 107 Å². The predicted molar refractivity (Wildman–Crippen MR) is 67.2 cm³/mol. The molecule has 5 heteroatoms. The molecular weight excluding hydrogens is 232 g/mol. The maximum Gasteiger partial charge on any atom is 0.325 e. The van der Waals surface area contributed by atoms with E-state index in [1.54, 1.807) is 12.3 Å². The molecule has 0 fully saturated rings. The number of hydrogen-bond donors (Lipinski definition) is 1. The molecule has 18 heavy (non-hydrogen) atoms. The van der Waals surface area contributed by atoms with E-state index in [1.165, 1.54) is 7.11 Å². The summed E-state index contributed by atoms with van der Waals surface area (Å²) < 4.78 is 4.43. The fourth-order valence-electron chi connectivity index (χ4n) is 1.40. The van der Waals surface area contributed by atoms with Gasteiger partial charge in [0.2, 0.25) is 0 Å². The van der Waals surface area contributed by atoms with E-state index in [0.717, 1.165) is 24.8 Å². The summed E-state index contributed by atoms with van der Waals surface area (Å²) >= 11 is 0. The van der Waals surface area contributed by atoms with Gasteiger partial charge in [0.25, 0.3) is 5.91 Å². The topological polar surface area (TPSA) is 68.3 Å². The molecule has 0 bridgehead atoms. The molecule has 1 N–H and O–H groups in total. The standard InChI is InChI=1S/C13H18N2O3/c1-3-4-5-10-6-7-11(14-8-10)13(17)15-9-12(16)18-2/h6-8H,3-5,9H2,1-2H3,(H,15,17). The van der Waals surface area contributed by atoms with Crippen molar-refractivity contribution in [3.05, 3.63) is 29.6 Å². The Hall–Kier alpha value is -1.91. The first-order valence-electron chi connectivity index (χ1n) is 5.97. The molecule has 1 rings (SSSR count). The molecule has 0 aliphatic carbocycles. The van der Waals surface area contributed by atoms with Gasteiger partial charge in [-0.15, -0.1) is 0 Å². The molecule has 1 heterocycles. The number of unbranched alkanes of at least 4 members (excludes halogenated alkanes) is 1. The van der Waals surface area contributed by atoms with E-state index in [1.807, 2.05) is 6.07 Å². The molecule has 0 radical (unpaired) electrons. The number of rotatable bonds is 6. The summed E-state index contributed by atoms with van der Waals surface area (Å²) in [7, 11) is 1.27. The molecule has 0 aliphatic rings. The maximum absolute atomic E-state index is 11.6. The van der Waals surface area contributed by atoms with Crippen LogP contribution in [0.25, 0.3) is 0 Å². The summed E-state index contributed by atoms with van der Waals surface area (Å²) in [5.74, 6) is -0.856. The fraction of sp³-hybridized carbons (Fsp3) is 0.462. The minimum absolute atomic E-state index is 0.144. The Morgan fingerprint density at radius 2 is 2.17 bits per heavy atom. The average Bonchev–Trinajstić information content (AvgIpc) is 2.42. The minimum atomic E-state index is -0.483. The lowest BCUT2D eigenvalue weighted by molar-refractivity contribution is -0.139. The second-order valence-corrected chi connectivity index (χ2v) is 3.91. The van der Waals surface area contributed by atoms with Gasteiger partial charge in [0.05, 0.1) is 7.11 Å². The number of nitrogens with zero attached hydrogens (tertiary/aromatic N) is 1. The molecule has 0 saturated heterocycles. The van der Waals surface area contributed by atoms with E-state index in [9.17, 15) is 9.59 Å². The number of aryl methyl sites for hydroxylation is 1. The molecule has 0 saturated carbocycles. The van der Waals surface area contributed by atoms with Crippen molar-refractivity contribution in [2.75, 3.05) is 13.7 Å². The van der Waals surface area contributed by atoms with Crippen LogP contribution in [-0.4, -0.2) is 30.5 Å². The quantitative estimate of drug-likeness (QED) is 0.773. The zero-order valence-corrected chi connectivity index (χ0v) is 10.7. The minimum Gasteiger partial charge on any atom is -0.468 e. The number of pyridine rings is 1. The predicted octanol–water partition coefficient (Wildman–Crippen LogP) is 1.33. The van der Waals surface area contributed by atoms with Crippen LogP contribution in [0.1, 0.15) is 35.8 Å². The number of esters is 1. The van der Waals surface area contributed by atoms with Gasteiger partial charge in [0, 0.05) is 6.20 Å². The number of carbonyl (C=O) groups excluding carboxylic acids is 2. The highest BCUT2D eigenvalue weighted by Gasteiger charge is 2.08. The van der Waals surface area contributed by atoms with Crippen LogP contribution in [0.2, 0.25) is 0 Å².